The fourth-order valence-electron chi connectivity index (χ4n) is 1.41. The smallest absolute Gasteiger partial charge is 0.323 e. The lowest BCUT2D eigenvalue weighted by molar-refractivity contribution is -0.145. The maximum Gasteiger partial charge on any atom is 0.323 e. The molecule has 0 aliphatic carbocycles. The summed E-state index contributed by atoms with van der Waals surface area (Å²) in [5, 5.41) is 0. The molecule has 4 heteroatoms. The van der Waals surface area contributed by atoms with Gasteiger partial charge in [0, 0.05) is 5.92 Å². The summed E-state index contributed by atoms with van der Waals surface area (Å²) in [6, 6.07) is 9.14. The number of nitrogens with two attached hydrogens (primary N) is 1. The minimum atomic E-state index is -0.590. The van der Waals surface area contributed by atoms with Crippen molar-refractivity contribution in [3.63, 3.8) is 0 Å². The molecular formula is C12H18ClNO2. The molecule has 0 radical (unpaired) electrons. The third-order valence-electron chi connectivity index (χ3n) is 2.42. The molecule has 1 aromatic carbocycles. The lowest BCUT2D eigenvalue weighted by Gasteiger charge is -2.18. The highest BCUT2D eigenvalue weighted by Gasteiger charge is 2.22. The highest BCUT2D eigenvalue weighted by molar-refractivity contribution is 5.85. The van der Waals surface area contributed by atoms with Gasteiger partial charge in [-0.3, -0.25) is 4.79 Å². The van der Waals surface area contributed by atoms with Crippen LogP contribution in [0.3, 0.4) is 0 Å². The molecule has 0 saturated carbocycles. The van der Waals surface area contributed by atoms with Gasteiger partial charge in [0.1, 0.15) is 6.04 Å². The molecule has 0 bridgehead atoms. The molecule has 2 N–H and O–H groups in total. The summed E-state index contributed by atoms with van der Waals surface area (Å²) >= 11 is 0. The Morgan fingerprint density at radius 2 is 1.94 bits per heavy atom. The first-order chi connectivity index (χ1) is 7.16. The fourth-order valence-corrected chi connectivity index (χ4v) is 1.41. The molecule has 16 heavy (non-hydrogen) atoms. The molecule has 0 saturated heterocycles. The van der Waals surface area contributed by atoms with Crippen LogP contribution < -0.4 is 5.73 Å². The summed E-state index contributed by atoms with van der Waals surface area (Å²) < 4.78 is 4.88. The summed E-state index contributed by atoms with van der Waals surface area (Å²) in [5.41, 5.74) is 6.86. The van der Waals surface area contributed by atoms with Crippen LogP contribution in [0.1, 0.15) is 25.3 Å². The van der Waals surface area contributed by atoms with Crippen LogP contribution in [0.25, 0.3) is 0 Å². The van der Waals surface area contributed by atoms with Gasteiger partial charge < -0.3 is 10.5 Å². The second-order valence-electron chi connectivity index (χ2n) is 3.48. The van der Waals surface area contributed by atoms with Crippen LogP contribution in [0.2, 0.25) is 0 Å². The van der Waals surface area contributed by atoms with Crippen LogP contribution in [0.15, 0.2) is 30.3 Å². The van der Waals surface area contributed by atoms with Crippen molar-refractivity contribution in [3.8, 4) is 0 Å². The lowest BCUT2D eigenvalue weighted by Crippen LogP contribution is -2.37. The maximum atomic E-state index is 11.4. The average molecular weight is 244 g/mol. The number of rotatable bonds is 4. The van der Waals surface area contributed by atoms with E-state index >= 15 is 0 Å². The number of hydrogen-bond donors (Lipinski definition) is 1. The molecule has 0 aliphatic rings. The molecule has 0 heterocycles. The number of esters is 1. The Hall–Kier alpha value is -1.06. The first kappa shape index (κ1) is 14.9. The molecule has 0 amide bonds. The fraction of sp³-hybridized carbons (Fsp3) is 0.417. The standard InChI is InChI=1S/C12H17NO2.ClH/c1-3-15-12(14)11(13)9(2)10-7-5-4-6-8-10;/h4-9,11H,3,13H2,1-2H3;1H/t9-,11-;/m0./s1. The number of carbonyl (C=O) groups excluding carboxylic acids is 1. The van der Waals surface area contributed by atoms with Gasteiger partial charge in [-0.2, -0.15) is 0 Å². The van der Waals surface area contributed by atoms with E-state index in [0.29, 0.717) is 6.61 Å². The van der Waals surface area contributed by atoms with Crippen molar-refractivity contribution in [1.29, 1.82) is 0 Å². The molecule has 2 atom stereocenters. The first-order valence-corrected chi connectivity index (χ1v) is 5.14. The van der Waals surface area contributed by atoms with E-state index in [4.69, 9.17) is 10.5 Å². The zero-order chi connectivity index (χ0) is 11.3. The van der Waals surface area contributed by atoms with Gasteiger partial charge in [0.15, 0.2) is 0 Å². The Morgan fingerprint density at radius 1 is 1.38 bits per heavy atom. The van der Waals surface area contributed by atoms with E-state index in [9.17, 15) is 4.79 Å². The highest BCUT2D eigenvalue weighted by atomic mass is 35.5. The van der Waals surface area contributed by atoms with E-state index in [1.165, 1.54) is 0 Å². The second kappa shape index (κ2) is 7.25. The average Bonchev–Trinajstić information content (AvgIpc) is 2.28. The molecule has 1 rings (SSSR count). The van der Waals surface area contributed by atoms with Gasteiger partial charge in [-0.05, 0) is 12.5 Å². The van der Waals surface area contributed by atoms with Crippen LogP contribution in [-0.2, 0) is 9.53 Å². The Morgan fingerprint density at radius 3 is 2.44 bits per heavy atom. The summed E-state index contributed by atoms with van der Waals surface area (Å²) in [6.07, 6.45) is 0. The predicted octanol–water partition coefficient (Wildman–Crippen LogP) is 2.10. The monoisotopic (exact) mass is 243 g/mol. The molecule has 0 aromatic heterocycles. The van der Waals surface area contributed by atoms with E-state index < -0.39 is 6.04 Å². The Kier molecular flexibility index (Phi) is 6.77. The SMILES string of the molecule is CCOC(=O)[C@@H](N)[C@@H](C)c1ccccc1.Cl. The van der Waals surface area contributed by atoms with Crippen LogP contribution >= 0.6 is 12.4 Å². The van der Waals surface area contributed by atoms with Crippen molar-refractivity contribution < 1.29 is 9.53 Å². The molecule has 0 fully saturated rings. The van der Waals surface area contributed by atoms with E-state index in [1.54, 1.807) is 6.92 Å². The molecule has 0 unspecified atom stereocenters. The van der Waals surface area contributed by atoms with Crippen molar-refractivity contribution in [2.24, 2.45) is 5.73 Å². The van der Waals surface area contributed by atoms with Crippen molar-refractivity contribution in [2.45, 2.75) is 25.8 Å². The summed E-state index contributed by atoms with van der Waals surface area (Å²) in [4.78, 5) is 11.4. The van der Waals surface area contributed by atoms with E-state index in [0.717, 1.165) is 5.56 Å². The first-order valence-electron chi connectivity index (χ1n) is 5.14. The normalized spacial score (nSPS) is 13.4. The van der Waals surface area contributed by atoms with Crippen molar-refractivity contribution >= 4 is 18.4 Å². The second-order valence-corrected chi connectivity index (χ2v) is 3.48. The highest BCUT2D eigenvalue weighted by Crippen LogP contribution is 2.18. The van der Waals surface area contributed by atoms with Gasteiger partial charge in [-0.25, -0.2) is 0 Å². The molecule has 1 aromatic rings. The van der Waals surface area contributed by atoms with Gasteiger partial charge in [0.25, 0.3) is 0 Å². The predicted molar refractivity (Wildman–Crippen MR) is 66.7 cm³/mol. The molecule has 0 aliphatic heterocycles. The minimum absolute atomic E-state index is 0. The van der Waals surface area contributed by atoms with E-state index in [2.05, 4.69) is 0 Å². The summed E-state index contributed by atoms with van der Waals surface area (Å²) in [7, 11) is 0. The quantitative estimate of drug-likeness (QED) is 0.824. The van der Waals surface area contributed by atoms with Gasteiger partial charge in [0.2, 0.25) is 0 Å². The third kappa shape index (κ3) is 3.83. The molecular weight excluding hydrogens is 226 g/mol. The zero-order valence-corrected chi connectivity index (χ0v) is 10.4. The van der Waals surface area contributed by atoms with Crippen molar-refractivity contribution in [1.82, 2.24) is 0 Å². The van der Waals surface area contributed by atoms with Crippen LogP contribution in [0.4, 0.5) is 0 Å². The number of carbonyl (C=O) groups is 1. The lowest BCUT2D eigenvalue weighted by atomic mass is 9.94. The Labute approximate surface area is 102 Å². The Balaban J connectivity index is 0.00000225. The third-order valence-corrected chi connectivity index (χ3v) is 2.42. The molecule has 90 valence electrons. The molecule has 3 nitrogen and oxygen atoms in total. The van der Waals surface area contributed by atoms with Crippen LogP contribution in [-0.4, -0.2) is 18.6 Å². The zero-order valence-electron chi connectivity index (χ0n) is 9.55. The molecule has 0 spiro atoms. The number of ether oxygens (including phenoxy) is 1. The summed E-state index contributed by atoms with van der Waals surface area (Å²) in [5.74, 6) is -0.362. The van der Waals surface area contributed by atoms with E-state index in [-0.39, 0.29) is 24.3 Å². The topological polar surface area (TPSA) is 52.3 Å². The number of halogens is 1. The maximum absolute atomic E-state index is 11.4. The van der Waals surface area contributed by atoms with E-state index in [1.807, 2.05) is 37.3 Å². The minimum Gasteiger partial charge on any atom is -0.465 e. The summed E-state index contributed by atoms with van der Waals surface area (Å²) in [6.45, 7) is 4.07. The van der Waals surface area contributed by atoms with Gasteiger partial charge >= 0.3 is 5.97 Å². The largest absolute Gasteiger partial charge is 0.465 e. The van der Waals surface area contributed by atoms with Gasteiger partial charge in [0.05, 0.1) is 6.61 Å². The van der Waals surface area contributed by atoms with Crippen LogP contribution in [0.5, 0.6) is 0 Å². The number of benzene rings is 1. The number of hydrogen-bond acceptors (Lipinski definition) is 3. The van der Waals surface area contributed by atoms with Gasteiger partial charge in [-0.1, -0.05) is 37.3 Å². The van der Waals surface area contributed by atoms with Gasteiger partial charge in [-0.15, -0.1) is 12.4 Å². The van der Waals surface area contributed by atoms with Crippen molar-refractivity contribution in [3.05, 3.63) is 35.9 Å². The van der Waals surface area contributed by atoms with Crippen molar-refractivity contribution in [2.75, 3.05) is 6.61 Å². The Bertz CT molecular complexity index is 316. The van der Waals surface area contributed by atoms with Crippen LogP contribution in [0, 0.1) is 0 Å².